The van der Waals surface area contributed by atoms with Gasteiger partial charge in [0.2, 0.25) is 5.89 Å². The molecule has 1 aliphatic heterocycles. The molecule has 1 amide bonds. The Morgan fingerprint density at radius 2 is 1.94 bits per heavy atom. The van der Waals surface area contributed by atoms with Gasteiger partial charge in [-0.05, 0) is 67.3 Å². The number of halogens is 1. The second kappa shape index (κ2) is 9.38. The molecular weight excluding hydrogens is 468 g/mol. The third-order valence-electron chi connectivity index (χ3n) is 6.28. The number of hydrogen-bond acceptors (Lipinski definition) is 6. The molecule has 1 aliphatic rings. The van der Waals surface area contributed by atoms with Gasteiger partial charge in [-0.1, -0.05) is 24.6 Å². The molecular formula is C26H23ClN4O4. The largest absolute Gasteiger partial charge is 0.436 e. The van der Waals surface area contributed by atoms with Crippen molar-refractivity contribution in [2.24, 2.45) is 5.92 Å². The van der Waals surface area contributed by atoms with Gasteiger partial charge in [-0.25, -0.2) is 4.98 Å². The molecule has 178 valence electrons. The molecule has 0 atom stereocenters. The number of nitrogens with one attached hydrogen (secondary N) is 1. The number of nitro benzene ring substituents is 1. The van der Waals surface area contributed by atoms with Crippen molar-refractivity contribution >= 4 is 45.7 Å². The molecule has 0 aliphatic carbocycles. The van der Waals surface area contributed by atoms with Crippen LogP contribution in [0.25, 0.3) is 22.6 Å². The second-order valence-corrected chi connectivity index (χ2v) is 9.23. The summed E-state index contributed by atoms with van der Waals surface area (Å²) in [6.45, 7) is 3.72. The monoisotopic (exact) mass is 490 g/mol. The molecule has 1 fully saturated rings. The molecule has 0 bridgehead atoms. The van der Waals surface area contributed by atoms with Crippen LogP contribution in [-0.4, -0.2) is 28.9 Å². The summed E-state index contributed by atoms with van der Waals surface area (Å²) >= 11 is 6.03. The maximum atomic E-state index is 12.9. The Labute approximate surface area is 206 Å². The van der Waals surface area contributed by atoms with Crippen LogP contribution in [0.1, 0.15) is 30.1 Å². The van der Waals surface area contributed by atoms with E-state index < -0.39 is 10.8 Å². The number of amides is 1. The predicted octanol–water partition coefficient (Wildman–Crippen LogP) is 6.55. The Balaban J connectivity index is 1.37. The highest BCUT2D eigenvalue weighted by molar-refractivity contribution is 6.31. The van der Waals surface area contributed by atoms with E-state index in [1.807, 2.05) is 11.0 Å². The first kappa shape index (κ1) is 22.9. The van der Waals surface area contributed by atoms with Gasteiger partial charge in [0.1, 0.15) is 11.2 Å². The van der Waals surface area contributed by atoms with Gasteiger partial charge in [0.05, 0.1) is 4.92 Å². The third kappa shape index (κ3) is 4.83. The SMILES string of the molecule is CC1CCN(c2ccc(C(=O)Nc3cccc(-c4nc5cc(Cl)ccc5o4)c3)cc2[N+](=O)[O-])CC1. The van der Waals surface area contributed by atoms with Gasteiger partial charge in [0.15, 0.2) is 5.58 Å². The van der Waals surface area contributed by atoms with Crippen LogP contribution in [0.3, 0.4) is 0 Å². The first-order valence-corrected chi connectivity index (χ1v) is 11.8. The number of benzene rings is 3. The summed E-state index contributed by atoms with van der Waals surface area (Å²) in [5.41, 5.74) is 3.14. The Morgan fingerprint density at radius 1 is 1.14 bits per heavy atom. The fraction of sp³-hybridized carbons (Fsp3) is 0.231. The van der Waals surface area contributed by atoms with E-state index in [0.717, 1.165) is 25.9 Å². The van der Waals surface area contributed by atoms with Crippen LogP contribution in [0.5, 0.6) is 0 Å². The second-order valence-electron chi connectivity index (χ2n) is 8.80. The van der Waals surface area contributed by atoms with Crippen LogP contribution < -0.4 is 10.2 Å². The maximum Gasteiger partial charge on any atom is 0.293 e. The highest BCUT2D eigenvalue weighted by atomic mass is 35.5. The lowest BCUT2D eigenvalue weighted by atomic mass is 9.98. The van der Waals surface area contributed by atoms with Crippen molar-refractivity contribution < 1.29 is 14.1 Å². The lowest BCUT2D eigenvalue weighted by Crippen LogP contribution is -2.33. The van der Waals surface area contributed by atoms with Gasteiger partial charge < -0.3 is 14.6 Å². The molecule has 2 heterocycles. The van der Waals surface area contributed by atoms with Crippen LogP contribution >= 0.6 is 11.6 Å². The van der Waals surface area contributed by atoms with E-state index in [2.05, 4.69) is 17.2 Å². The number of rotatable bonds is 5. The summed E-state index contributed by atoms with van der Waals surface area (Å²) in [5, 5.41) is 15.2. The Hall–Kier alpha value is -3.91. The number of hydrogen-bond donors (Lipinski definition) is 1. The smallest absolute Gasteiger partial charge is 0.293 e. The maximum absolute atomic E-state index is 12.9. The summed E-state index contributed by atoms with van der Waals surface area (Å²) in [7, 11) is 0. The number of carbonyl (C=O) groups is 1. The minimum absolute atomic E-state index is 0.0638. The van der Waals surface area contributed by atoms with Crippen LogP contribution in [0, 0.1) is 16.0 Å². The van der Waals surface area contributed by atoms with Crippen LogP contribution in [-0.2, 0) is 0 Å². The van der Waals surface area contributed by atoms with Crippen molar-refractivity contribution in [3.63, 3.8) is 0 Å². The van der Waals surface area contributed by atoms with Gasteiger partial charge >= 0.3 is 0 Å². The molecule has 1 aromatic heterocycles. The molecule has 1 saturated heterocycles. The van der Waals surface area contributed by atoms with Crippen LogP contribution in [0.2, 0.25) is 5.02 Å². The fourth-order valence-corrected chi connectivity index (χ4v) is 4.45. The number of aromatic nitrogens is 1. The molecule has 0 radical (unpaired) electrons. The minimum atomic E-state index is -0.437. The summed E-state index contributed by atoms with van der Waals surface area (Å²) in [6, 6.07) is 16.9. The number of nitro groups is 1. The van der Waals surface area contributed by atoms with Crippen molar-refractivity contribution in [3.8, 4) is 11.5 Å². The Kier molecular flexibility index (Phi) is 6.13. The van der Waals surface area contributed by atoms with E-state index in [1.54, 1.807) is 48.5 Å². The quantitative estimate of drug-likeness (QED) is 0.251. The summed E-state index contributed by atoms with van der Waals surface area (Å²) in [6.07, 6.45) is 1.98. The highest BCUT2D eigenvalue weighted by Crippen LogP contribution is 2.33. The Bertz CT molecular complexity index is 1430. The standard InChI is InChI=1S/C26H23ClN4O4/c1-16-9-11-30(12-10-16)22-7-5-17(14-23(22)31(33)34)25(32)28-20-4-2-3-18(13-20)26-29-21-15-19(27)6-8-24(21)35-26/h2-8,13-16H,9-12H2,1H3,(H,28,32). The number of anilines is 2. The van der Waals surface area contributed by atoms with Gasteiger partial charge in [0, 0.05) is 41.0 Å². The number of carbonyl (C=O) groups excluding carboxylic acids is 1. The van der Waals surface area contributed by atoms with E-state index >= 15 is 0 Å². The molecule has 35 heavy (non-hydrogen) atoms. The zero-order valence-electron chi connectivity index (χ0n) is 19.0. The minimum Gasteiger partial charge on any atom is -0.436 e. The predicted molar refractivity (Wildman–Crippen MR) is 136 cm³/mol. The number of piperidine rings is 1. The summed E-state index contributed by atoms with van der Waals surface area (Å²) in [5.74, 6) is 0.571. The average molecular weight is 491 g/mol. The molecule has 1 N–H and O–H groups in total. The highest BCUT2D eigenvalue weighted by Gasteiger charge is 2.25. The van der Waals surface area contributed by atoms with Gasteiger partial charge in [-0.3, -0.25) is 14.9 Å². The summed E-state index contributed by atoms with van der Waals surface area (Å²) in [4.78, 5) is 30.8. The molecule has 0 spiro atoms. The normalized spacial score (nSPS) is 14.3. The first-order valence-electron chi connectivity index (χ1n) is 11.4. The van der Waals surface area contributed by atoms with E-state index in [4.69, 9.17) is 16.0 Å². The van der Waals surface area contributed by atoms with E-state index in [-0.39, 0.29) is 11.3 Å². The first-order chi connectivity index (χ1) is 16.9. The topological polar surface area (TPSA) is 102 Å². The zero-order valence-corrected chi connectivity index (χ0v) is 19.8. The number of fused-ring (bicyclic) bond motifs is 1. The molecule has 0 saturated carbocycles. The zero-order chi connectivity index (χ0) is 24.5. The lowest BCUT2D eigenvalue weighted by Gasteiger charge is -2.31. The van der Waals surface area contributed by atoms with Crippen molar-refractivity contribution in [3.05, 3.63) is 81.4 Å². The van der Waals surface area contributed by atoms with Crippen molar-refractivity contribution in [2.45, 2.75) is 19.8 Å². The number of nitrogens with zero attached hydrogens (tertiary/aromatic N) is 3. The Morgan fingerprint density at radius 3 is 2.71 bits per heavy atom. The average Bonchev–Trinajstić information content (AvgIpc) is 3.27. The van der Waals surface area contributed by atoms with Crippen molar-refractivity contribution in [1.82, 2.24) is 4.98 Å². The summed E-state index contributed by atoms with van der Waals surface area (Å²) < 4.78 is 5.81. The van der Waals surface area contributed by atoms with Crippen LogP contribution in [0.4, 0.5) is 17.1 Å². The molecule has 3 aromatic carbocycles. The van der Waals surface area contributed by atoms with Crippen LogP contribution in [0.15, 0.2) is 65.1 Å². The van der Waals surface area contributed by atoms with Gasteiger partial charge in [0.25, 0.3) is 11.6 Å². The van der Waals surface area contributed by atoms with Crippen molar-refractivity contribution in [2.75, 3.05) is 23.3 Å². The van der Waals surface area contributed by atoms with E-state index in [1.165, 1.54) is 6.07 Å². The lowest BCUT2D eigenvalue weighted by molar-refractivity contribution is -0.384. The number of oxazole rings is 1. The van der Waals surface area contributed by atoms with E-state index in [0.29, 0.717) is 44.9 Å². The van der Waals surface area contributed by atoms with Gasteiger partial charge in [-0.2, -0.15) is 0 Å². The van der Waals surface area contributed by atoms with Gasteiger partial charge in [-0.15, -0.1) is 0 Å². The van der Waals surface area contributed by atoms with E-state index in [9.17, 15) is 14.9 Å². The third-order valence-corrected chi connectivity index (χ3v) is 6.51. The molecule has 0 unspecified atom stereocenters. The molecule has 9 heteroatoms. The van der Waals surface area contributed by atoms with Crippen molar-refractivity contribution in [1.29, 1.82) is 0 Å². The molecule has 4 aromatic rings. The fourth-order valence-electron chi connectivity index (χ4n) is 4.29. The molecule has 5 rings (SSSR count). The molecule has 8 nitrogen and oxygen atoms in total.